The summed E-state index contributed by atoms with van der Waals surface area (Å²) in [5, 5.41) is 16.4. The van der Waals surface area contributed by atoms with Gasteiger partial charge in [-0.1, -0.05) is 12.1 Å². The molecular formula is C22H34N6O3. The minimum atomic E-state index is -0.908. The lowest BCUT2D eigenvalue weighted by molar-refractivity contribution is 0.0970. The molecule has 0 saturated carbocycles. The van der Waals surface area contributed by atoms with Gasteiger partial charge in [-0.25, -0.2) is 10.7 Å². The van der Waals surface area contributed by atoms with Crippen molar-refractivity contribution >= 4 is 11.8 Å². The minimum Gasteiger partial charge on any atom is -0.465 e. The van der Waals surface area contributed by atoms with E-state index in [1.54, 1.807) is 0 Å². The van der Waals surface area contributed by atoms with Crippen molar-refractivity contribution in [3.05, 3.63) is 52.2 Å². The highest BCUT2D eigenvalue weighted by Gasteiger charge is 2.41. The van der Waals surface area contributed by atoms with Crippen molar-refractivity contribution in [2.24, 2.45) is 11.6 Å². The summed E-state index contributed by atoms with van der Waals surface area (Å²) in [5.41, 5.74) is 10.9. The number of rotatable bonds is 6. The average Bonchev–Trinajstić information content (AvgIpc) is 3.04. The van der Waals surface area contributed by atoms with E-state index in [0.29, 0.717) is 25.3 Å². The van der Waals surface area contributed by atoms with Crippen molar-refractivity contribution in [1.29, 1.82) is 0 Å². The Hall–Kier alpha value is -2.91. The van der Waals surface area contributed by atoms with Gasteiger partial charge in [0.2, 0.25) is 0 Å². The highest BCUT2D eigenvalue weighted by Crippen LogP contribution is 2.45. The molecule has 1 aromatic carbocycles. The van der Waals surface area contributed by atoms with Crippen LogP contribution < -0.4 is 22.3 Å². The molecule has 0 aromatic heterocycles. The second kappa shape index (κ2) is 8.68. The van der Waals surface area contributed by atoms with E-state index in [1.807, 2.05) is 52.8 Å². The summed E-state index contributed by atoms with van der Waals surface area (Å²) in [7, 11) is 0. The molecule has 1 aromatic rings. The number of carboxylic acid groups (broad SMARTS) is 1. The van der Waals surface area contributed by atoms with Gasteiger partial charge in [0.15, 0.2) is 0 Å². The normalized spacial score (nSPS) is 17.7. The van der Waals surface area contributed by atoms with E-state index < -0.39 is 11.6 Å². The van der Waals surface area contributed by atoms with Gasteiger partial charge in [0.05, 0.1) is 12.3 Å². The molecule has 0 aliphatic carbocycles. The highest BCUT2D eigenvalue weighted by molar-refractivity contribution is 5.66. The second-order valence-electron chi connectivity index (χ2n) is 9.17. The third-order valence-electron chi connectivity index (χ3n) is 5.69. The van der Waals surface area contributed by atoms with Crippen molar-refractivity contribution in [3.63, 3.8) is 0 Å². The van der Waals surface area contributed by atoms with Gasteiger partial charge in [-0.15, -0.1) is 0 Å². The van der Waals surface area contributed by atoms with E-state index in [-0.39, 0.29) is 12.6 Å². The molecule has 2 aliphatic heterocycles. The topological polar surface area (TPSA) is 129 Å². The molecule has 1 amide bonds. The summed E-state index contributed by atoms with van der Waals surface area (Å²) in [6, 6.07) is 5.81. The second-order valence-corrected chi connectivity index (χ2v) is 9.17. The number of nitrogens with two attached hydrogens (primary N) is 2. The first-order valence-corrected chi connectivity index (χ1v) is 10.5. The maximum Gasteiger partial charge on any atom is 0.407 e. The molecule has 1 fully saturated rings. The van der Waals surface area contributed by atoms with Gasteiger partial charge in [-0.3, -0.25) is 4.84 Å². The van der Waals surface area contributed by atoms with Crippen LogP contribution >= 0.6 is 0 Å². The Labute approximate surface area is 183 Å². The van der Waals surface area contributed by atoms with Crippen LogP contribution in [0.25, 0.3) is 0 Å². The molecule has 3 rings (SSSR count). The number of hydrogen-bond donors (Lipinski definition) is 5. The monoisotopic (exact) mass is 430 g/mol. The van der Waals surface area contributed by atoms with E-state index >= 15 is 0 Å². The van der Waals surface area contributed by atoms with Gasteiger partial charge < -0.3 is 31.3 Å². The molecule has 170 valence electrons. The minimum absolute atomic E-state index is 0.125. The van der Waals surface area contributed by atoms with Gasteiger partial charge in [0.1, 0.15) is 17.7 Å². The molecule has 0 bridgehead atoms. The SMILES string of the molecule is CC(C)=C1NC2=C(N)Nc3cccc(CON)c3C2N1CCCN(C(=O)O)C(C)(C)C. The molecule has 2 aliphatic rings. The fraction of sp³-hybridized carbons (Fsp3) is 0.500. The van der Waals surface area contributed by atoms with E-state index in [2.05, 4.69) is 15.5 Å². The molecule has 1 atom stereocenters. The van der Waals surface area contributed by atoms with Crippen LogP contribution in [0, 0.1) is 0 Å². The number of hydrogen-bond acceptors (Lipinski definition) is 7. The zero-order valence-corrected chi connectivity index (χ0v) is 19.0. The summed E-state index contributed by atoms with van der Waals surface area (Å²) in [6.45, 7) is 11.2. The number of carbonyl (C=O) groups is 1. The number of anilines is 1. The Morgan fingerprint density at radius 3 is 2.58 bits per heavy atom. The average molecular weight is 431 g/mol. The molecular weight excluding hydrogens is 396 g/mol. The molecule has 2 heterocycles. The Morgan fingerprint density at radius 1 is 1.29 bits per heavy atom. The van der Waals surface area contributed by atoms with E-state index in [4.69, 9.17) is 16.5 Å². The third kappa shape index (κ3) is 4.42. The lowest BCUT2D eigenvalue weighted by atomic mass is 9.93. The van der Waals surface area contributed by atoms with Crippen LogP contribution in [0.4, 0.5) is 10.5 Å². The Bertz CT molecular complexity index is 914. The van der Waals surface area contributed by atoms with Gasteiger partial charge in [-0.2, -0.15) is 0 Å². The Balaban J connectivity index is 1.95. The molecule has 31 heavy (non-hydrogen) atoms. The van der Waals surface area contributed by atoms with Gasteiger partial charge >= 0.3 is 6.09 Å². The van der Waals surface area contributed by atoms with Gasteiger partial charge in [0, 0.05) is 29.9 Å². The Kier molecular flexibility index (Phi) is 6.38. The molecule has 1 unspecified atom stereocenters. The van der Waals surface area contributed by atoms with Crippen LogP contribution in [0.3, 0.4) is 0 Å². The standard InChI is InChI=1S/C22H34N6O3/c1-13(2)20-26-17-18(27(20)10-7-11-28(21(29)30)22(3,4)5)16-14(12-31-24)8-6-9-15(16)25-19(17)23/h6,8-9,18,25-26H,7,10-12,23-24H2,1-5H3,(H,29,30). The molecule has 9 nitrogen and oxygen atoms in total. The summed E-state index contributed by atoms with van der Waals surface area (Å²) >= 11 is 0. The summed E-state index contributed by atoms with van der Waals surface area (Å²) in [5.74, 6) is 6.95. The third-order valence-corrected chi connectivity index (χ3v) is 5.69. The largest absolute Gasteiger partial charge is 0.465 e. The van der Waals surface area contributed by atoms with Crippen molar-refractivity contribution < 1.29 is 14.7 Å². The molecule has 9 heteroatoms. The van der Waals surface area contributed by atoms with Crippen molar-refractivity contribution in [1.82, 2.24) is 15.1 Å². The van der Waals surface area contributed by atoms with E-state index in [9.17, 15) is 9.90 Å². The van der Waals surface area contributed by atoms with Crippen LogP contribution in [-0.2, 0) is 11.4 Å². The predicted molar refractivity (Wildman–Crippen MR) is 120 cm³/mol. The molecule has 7 N–H and O–H groups in total. The highest BCUT2D eigenvalue weighted by atomic mass is 16.6. The maximum absolute atomic E-state index is 11.7. The summed E-state index contributed by atoms with van der Waals surface area (Å²) < 4.78 is 0. The lowest BCUT2D eigenvalue weighted by Gasteiger charge is -2.35. The van der Waals surface area contributed by atoms with E-state index in [0.717, 1.165) is 33.9 Å². The van der Waals surface area contributed by atoms with E-state index in [1.165, 1.54) is 4.90 Å². The van der Waals surface area contributed by atoms with Crippen LogP contribution in [0.1, 0.15) is 58.2 Å². The van der Waals surface area contributed by atoms with Crippen LogP contribution in [0.5, 0.6) is 0 Å². The number of allylic oxidation sites excluding steroid dienone is 1. The molecule has 1 saturated heterocycles. The fourth-order valence-electron chi connectivity index (χ4n) is 4.31. The van der Waals surface area contributed by atoms with Crippen molar-refractivity contribution in [3.8, 4) is 0 Å². The van der Waals surface area contributed by atoms with Gasteiger partial charge in [-0.05, 0) is 58.2 Å². The number of fused-ring (bicyclic) bond motifs is 3. The fourth-order valence-corrected chi connectivity index (χ4v) is 4.31. The van der Waals surface area contributed by atoms with Crippen LogP contribution in [-0.4, -0.2) is 39.6 Å². The zero-order valence-electron chi connectivity index (χ0n) is 19.0. The first-order valence-electron chi connectivity index (χ1n) is 10.5. The van der Waals surface area contributed by atoms with Gasteiger partial charge in [0.25, 0.3) is 0 Å². The number of benzene rings is 1. The summed E-state index contributed by atoms with van der Waals surface area (Å²) in [4.78, 5) is 20.4. The summed E-state index contributed by atoms with van der Waals surface area (Å²) in [6.07, 6.45) is -0.238. The zero-order chi connectivity index (χ0) is 22.9. The molecule has 0 spiro atoms. The first kappa shape index (κ1) is 22.8. The number of amides is 1. The van der Waals surface area contributed by atoms with Crippen molar-refractivity contribution in [2.45, 2.75) is 59.2 Å². The maximum atomic E-state index is 11.7. The van der Waals surface area contributed by atoms with Crippen LogP contribution in [0.15, 0.2) is 41.1 Å². The van der Waals surface area contributed by atoms with Crippen molar-refractivity contribution in [2.75, 3.05) is 18.4 Å². The lowest BCUT2D eigenvalue weighted by Crippen LogP contribution is -2.46. The quantitative estimate of drug-likeness (QED) is 0.436. The number of nitrogens with one attached hydrogen (secondary N) is 2. The molecule has 0 radical (unpaired) electrons. The smallest absolute Gasteiger partial charge is 0.407 e. The Morgan fingerprint density at radius 2 is 2.00 bits per heavy atom. The number of nitrogens with zero attached hydrogens (tertiary/aromatic N) is 2. The first-order chi connectivity index (χ1) is 14.6. The predicted octanol–water partition coefficient (Wildman–Crippen LogP) is 3.00. The van der Waals surface area contributed by atoms with Crippen LogP contribution in [0.2, 0.25) is 0 Å².